The third-order valence-electron chi connectivity index (χ3n) is 3.67. The average Bonchev–Trinajstić information content (AvgIpc) is 2.48. The Bertz CT molecular complexity index is 523. The predicted molar refractivity (Wildman–Crippen MR) is 87.2 cm³/mol. The van der Waals surface area contributed by atoms with E-state index in [1.54, 1.807) is 4.31 Å². The number of benzene rings is 1. The lowest BCUT2D eigenvalue weighted by molar-refractivity contribution is 0.384. The Balaban J connectivity index is 1.85. The smallest absolute Gasteiger partial charge is 0.215 e. The molecule has 1 aliphatic rings. The van der Waals surface area contributed by atoms with Crippen molar-refractivity contribution in [2.75, 3.05) is 43.4 Å². The van der Waals surface area contributed by atoms with Gasteiger partial charge < -0.3 is 10.2 Å². The molecule has 21 heavy (non-hydrogen) atoms. The van der Waals surface area contributed by atoms with E-state index in [9.17, 15) is 8.42 Å². The zero-order valence-electron chi connectivity index (χ0n) is 12.8. The molecule has 0 unspecified atom stereocenters. The highest BCUT2D eigenvalue weighted by Gasteiger charge is 2.26. The highest BCUT2D eigenvalue weighted by atomic mass is 32.2. The second-order valence-corrected chi connectivity index (χ2v) is 7.73. The van der Waals surface area contributed by atoms with Gasteiger partial charge in [-0.05, 0) is 12.1 Å². The molecule has 0 atom stereocenters. The molecule has 1 N–H and O–H groups in total. The molecule has 0 radical (unpaired) electrons. The van der Waals surface area contributed by atoms with Crippen LogP contribution in [0.5, 0.6) is 0 Å². The third kappa shape index (κ3) is 4.69. The van der Waals surface area contributed by atoms with Gasteiger partial charge in [0.25, 0.3) is 0 Å². The maximum absolute atomic E-state index is 12.3. The predicted octanol–water partition coefficient (Wildman–Crippen LogP) is 1.14. The van der Waals surface area contributed by atoms with Crippen LogP contribution in [0.25, 0.3) is 0 Å². The fourth-order valence-electron chi connectivity index (χ4n) is 2.47. The molecule has 1 heterocycles. The Morgan fingerprint density at radius 1 is 1.10 bits per heavy atom. The van der Waals surface area contributed by atoms with Gasteiger partial charge in [0, 0.05) is 44.5 Å². The van der Waals surface area contributed by atoms with E-state index in [0.29, 0.717) is 25.7 Å². The van der Waals surface area contributed by atoms with Crippen molar-refractivity contribution < 1.29 is 8.42 Å². The number of nitrogens with one attached hydrogen (secondary N) is 1. The zero-order valence-corrected chi connectivity index (χ0v) is 13.6. The minimum atomic E-state index is -3.14. The first-order valence-corrected chi connectivity index (χ1v) is 9.11. The molecule has 1 aliphatic heterocycles. The van der Waals surface area contributed by atoms with Crippen LogP contribution in [-0.4, -0.2) is 57.2 Å². The van der Waals surface area contributed by atoms with Gasteiger partial charge in [0.2, 0.25) is 10.0 Å². The van der Waals surface area contributed by atoms with Crippen molar-refractivity contribution in [3.05, 3.63) is 30.3 Å². The summed E-state index contributed by atoms with van der Waals surface area (Å²) in [6.45, 7) is 7.19. The fraction of sp³-hybridized carbons (Fsp3) is 0.600. The Hall–Kier alpha value is -1.11. The summed E-state index contributed by atoms with van der Waals surface area (Å²) in [6, 6.07) is 10.5. The van der Waals surface area contributed by atoms with Gasteiger partial charge in [-0.15, -0.1) is 0 Å². The van der Waals surface area contributed by atoms with E-state index in [4.69, 9.17) is 0 Å². The van der Waals surface area contributed by atoms with Crippen molar-refractivity contribution in [2.45, 2.75) is 19.9 Å². The number of nitrogens with zero attached hydrogens (tertiary/aromatic N) is 2. The van der Waals surface area contributed by atoms with Crippen LogP contribution in [0.3, 0.4) is 0 Å². The molecule has 1 aromatic rings. The average molecular weight is 311 g/mol. The standard InChI is InChI=1S/C15H25N3O2S/c1-14(2)16-8-13-21(19,20)18-11-9-17(10-12-18)15-6-4-3-5-7-15/h3-7,14,16H,8-13H2,1-2H3. The molecule has 0 amide bonds. The van der Waals surface area contributed by atoms with Crippen molar-refractivity contribution in [1.82, 2.24) is 9.62 Å². The van der Waals surface area contributed by atoms with Gasteiger partial charge in [-0.1, -0.05) is 32.0 Å². The Morgan fingerprint density at radius 2 is 1.71 bits per heavy atom. The molecule has 1 fully saturated rings. The lowest BCUT2D eigenvalue weighted by Gasteiger charge is -2.35. The Morgan fingerprint density at radius 3 is 2.29 bits per heavy atom. The Labute approximate surface area is 128 Å². The number of hydrogen-bond acceptors (Lipinski definition) is 4. The van der Waals surface area contributed by atoms with Gasteiger partial charge in [0.1, 0.15) is 0 Å². The number of para-hydroxylation sites is 1. The Kier molecular flexibility index (Phi) is 5.61. The van der Waals surface area contributed by atoms with E-state index >= 15 is 0 Å². The number of hydrogen-bond donors (Lipinski definition) is 1. The molecule has 0 bridgehead atoms. The van der Waals surface area contributed by atoms with E-state index in [2.05, 4.69) is 22.3 Å². The van der Waals surface area contributed by atoms with E-state index in [-0.39, 0.29) is 5.75 Å². The SMILES string of the molecule is CC(C)NCCS(=O)(=O)N1CCN(c2ccccc2)CC1. The minimum Gasteiger partial charge on any atom is -0.369 e. The lowest BCUT2D eigenvalue weighted by atomic mass is 10.2. The first-order valence-electron chi connectivity index (χ1n) is 7.50. The van der Waals surface area contributed by atoms with Crippen LogP contribution in [0.1, 0.15) is 13.8 Å². The summed E-state index contributed by atoms with van der Waals surface area (Å²) < 4.78 is 26.2. The highest BCUT2D eigenvalue weighted by Crippen LogP contribution is 2.17. The van der Waals surface area contributed by atoms with Crippen molar-refractivity contribution in [2.24, 2.45) is 0 Å². The van der Waals surface area contributed by atoms with E-state index < -0.39 is 10.0 Å². The van der Waals surface area contributed by atoms with Gasteiger partial charge in [0.15, 0.2) is 0 Å². The molecular formula is C15H25N3O2S. The summed E-state index contributed by atoms with van der Waals surface area (Å²) in [5, 5.41) is 3.16. The monoisotopic (exact) mass is 311 g/mol. The largest absolute Gasteiger partial charge is 0.369 e. The van der Waals surface area contributed by atoms with Crippen LogP contribution in [0.4, 0.5) is 5.69 Å². The van der Waals surface area contributed by atoms with Gasteiger partial charge in [-0.2, -0.15) is 4.31 Å². The molecular weight excluding hydrogens is 286 g/mol. The highest BCUT2D eigenvalue weighted by molar-refractivity contribution is 7.89. The molecule has 118 valence electrons. The van der Waals surface area contributed by atoms with Gasteiger partial charge in [0.05, 0.1) is 5.75 Å². The fourth-order valence-corrected chi connectivity index (χ4v) is 3.82. The molecule has 0 saturated carbocycles. The van der Waals surface area contributed by atoms with Crippen LogP contribution in [0, 0.1) is 0 Å². The van der Waals surface area contributed by atoms with E-state index in [0.717, 1.165) is 18.8 Å². The van der Waals surface area contributed by atoms with Gasteiger partial charge in [-0.3, -0.25) is 0 Å². The van der Waals surface area contributed by atoms with E-state index in [1.165, 1.54) is 0 Å². The third-order valence-corrected chi connectivity index (χ3v) is 5.54. The lowest BCUT2D eigenvalue weighted by Crippen LogP contribution is -2.50. The molecule has 1 saturated heterocycles. The molecule has 5 nitrogen and oxygen atoms in total. The summed E-state index contributed by atoms with van der Waals surface area (Å²) in [4.78, 5) is 2.23. The first-order chi connectivity index (χ1) is 9.99. The van der Waals surface area contributed by atoms with Gasteiger partial charge >= 0.3 is 0 Å². The van der Waals surface area contributed by atoms with Crippen molar-refractivity contribution in [3.8, 4) is 0 Å². The maximum Gasteiger partial charge on any atom is 0.215 e. The van der Waals surface area contributed by atoms with Crippen LogP contribution in [0.15, 0.2) is 30.3 Å². The van der Waals surface area contributed by atoms with Crippen LogP contribution in [-0.2, 0) is 10.0 Å². The molecule has 2 rings (SSSR count). The van der Waals surface area contributed by atoms with Crippen molar-refractivity contribution in [1.29, 1.82) is 0 Å². The summed E-state index contributed by atoms with van der Waals surface area (Å²) in [5.74, 6) is 0.177. The van der Waals surface area contributed by atoms with Crippen LogP contribution >= 0.6 is 0 Å². The number of anilines is 1. The molecule has 0 aromatic heterocycles. The van der Waals surface area contributed by atoms with Gasteiger partial charge in [-0.25, -0.2) is 8.42 Å². The number of rotatable bonds is 6. The van der Waals surface area contributed by atoms with Crippen LogP contribution in [0.2, 0.25) is 0 Å². The van der Waals surface area contributed by atoms with Crippen molar-refractivity contribution in [3.63, 3.8) is 0 Å². The summed E-state index contributed by atoms with van der Waals surface area (Å²) in [5.41, 5.74) is 1.16. The summed E-state index contributed by atoms with van der Waals surface area (Å²) in [7, 11) is -3.14. The molecule has 0 aliphatic carbocycles. The van der Waals surface area contributed by atoms with E-state index in [1.807, 2.05) is 32.0 Å². The molecule has 1 aromatic carbocycles. The maximum atomic E-state index is 12.3. The van der Waals surface area contributed by atoms with Crippen LogP contribution < -0.4 is 10.2 Å². The normalized spacial score (nSPS) is 17.4. The zero-order chi connectivity index (χ0) is 15.3. The quantitative estimate of drug-likeness (QED) is 0.856. The summed E-state index contributed by atoms with van der Waals surface area (Å²) in [6.07, 6.45) is 0. The first kappa shape index (κ1) is 16.3. The summed E-state index contributed by atoms with van der Waals surface area (Å²) >= 11 is 0. The second kappa shape index (κ2) is 7.24. The van der Waals surface area contributed by atoms with Crippen molar-refractivity contribution >= 4 is 15.7 Å². The second-order valence-electron chi connectivity index (χ2n) is 5.65. The number of piperazine rings is 1. The number of sulfonamides is 1. The molecule has 6 heteroatoms. The molecule has 0 spiro atoms. The minimum absolute atomic E-state index is 0.177. The topological polar surface area (TPSA) is 52.7 Å².